The number of hydrogen-bond donors (Lipinski definition) is 0. The number of aromatic nitrogens is 2. The summed E-state index contributed by atoms with van der Waals surface area (Å²) in [5, 5.41) is 0. The summed E-state index contributed by atoms with van der Waals surface area (Å²) in [6, 6.07) is 10.9. The highest BCUT2D eigenvalue weighted by molar-refractivity contribution is 5.96. The molecule has 3 rings (SSSR count). The van der Waals surface area contributed by atoms with Crippen molar-refractivity contribution in [3.05, 3.63) is 60.2 Å². The Balaban J connectivity index is 1.64. The van der Waals surface area contributed by atoms with Crippen molar-refractivity contribution in [3.63, 3.8) is 0 Å². The van der Waals surface area contributed by atoms with Gasteiger partial charge in [-0.15, -0.1) is 0 Å². The highest BCUT2D eigenvalue weighted by atomic mass is 16.2. The van der Waals surface area contributed by atoms with Crippen molar-refractivity contribution in [3.8, 4) is 0 Å². The van der Waals surface area contributed by atoms with Crippen LogP contribution in [0.5, 0.6) is 0 Å². The van der Waals surface area contributed by atoms with Gasteiger partial charge in [0.05, 0.1) is 6.42 Å². The molecule has 0 N–H and O–H groups in total. The molecule has 1 aliphatic rings. The first-order chi connectivity index (χ1) is 11.2. The number of Topliss-reactive ketones (excluding diaryl/α,β-unsaturated/α-hetero) is 1. The third-order valence-corrected chi connectivity index (χ3v) is 4.12. The topological polar surface area (TPSA) is 63.2 Å². The molecule has 0 saturated carbocycles. The summed E-state index contributed by atoms with van der Waals surface area (Å²) < 4.78 is 0. The number of carbonyl (C=O) groups is 2. The number of hydrogen-bond acceptors (Lipinski definition) is 4. The Morgan fingerprint density at radius 1 is 1.09 bits per heavy atom. The largest absolute Gasteiger partial charge is 0.342 e. The minimum atomic E-state index is -0.161. The molecule has 1 amide bonds. The second-order valence-corrected chi connectivity index (χ2v) is 5.76. The van der Waals surface area contributed by atoms with Crippen LogP contribution in [-0.2, 0) is 11.2 Å². The van der Waals surface area contributed by atoms with Crippen LogP contribution < -0.4 is 0 Å². The van der Waals surface area contributed by atoms with E-state index >= 15 is 0 Å². The molecule has 1 atom stereocenters. The standard InChI is InChI=1S/C18H19N3O2/c22-17(12-15-7-1-3-9-19-15)21-11-5-6-14(13-21)18(23)16-8-2-4-10-20-16/h1-4,7-10,14H,5-6,11-13H2. The number of likely N-dealkylation sites (tertiary alicyclic amines) is 1. The summed E-state index contributed by atoms with van der Waals surface area (Å²) >= 11 is 0. The van der Waals surface area contributed by atoms with E-state index in [1.165, 1.54) is 0 Å². The van der Waals surface area contributed by atoms with E-state index in [2.05, 4.69) is 9.97 Å². The number of amides is 1. The first-order valence-corrected chi connectivity index (χ1v) is 7.87. The minimum absolute atomic E-state index is 0.0286. The van der Waals surface area contributed by atoms with Crippen molar-refractivity contribution in [2.24, 2.45) is 5.92 Å². The van der Waals surface area contributed by atoms with Crippen LogP contribution in [0, 0.1) is 5.92 Å². The highest BCUT2D eigenvalue weighted by Gasteiger charge is 2.29. The fraction of sp³-hybridized carbons (Fsp3) is 0.333. The van der Waals surface area contributed by atoms with E-state index in [1.54, 1.807) is 29.4 Å². The predicted molar refractivity (Wildman–Crippen MR) is 85.8 cm³/mol. The molecule has 1 aliphatic heterocycles. The normalized spacial score (nSPS) is 17.7. The first kappa shape index (κ1) is 15.3. The van der Waals surface area contributed by atoms with Crippen LogP contribution in [0.3, 0.4) is 0 Å². The second-order valence-electron chi connectivity index (χ2n) is 5.76. The average molecular weight is 309 g/mol. The molecule has 23 heavy (non-hydrogen) atoms. The van der Waals surface area contributed by atoms with Crippen molar-refractivity contribution in [2.75, 3.05) is 13.1 Å². The molecule has 5 heteroatoms. The Labute approximate surface area is 135 Å². The highest BCUT2D eigenvalue weighted by Crippen LogP contribution is 2.20. The van der Waals surface area contributed by atoms with E-state index in [-0.39, 0.29) is 24.0 Å². The molecule has 2 aromatic rings. The number of pyridine rings is 2. The molecular weight excluding hydrogens is 290 g/mol. The van der Waals surface area contributed by atoms with Crippen LogP contribution in [0.15, 0.2) is 48.8 Å². The monoisotopic (exact) mass is 309 g/mol. The van der Waals surface area contributed by atoms with E-state index < -0.39 is 0 Å². The van der Waals surface area contributed by atoms with Crippen LogP contribution in [-0.4, -0.2) is 39.6 Å². The molecule has 1 saturated heterocycles. The summed E-state index contributed by atoms with van der Waals surface area (Å²) in [5.41, 5.74) is 1.24. The Hall–Kier alpha value is -2.56. The van der Waals surface area contributed by atoms with E-state index in [0.717, 1.165) is 18.5 Å². The third kappa shape index (κ3) is 3.80. The van der Waals surface area contributed by atoms with E-state index in [4.69, 9.17) is 0 Å². The van der Waals surface area contributed by atoms with Gasteiger partial charge in [0.2, 0.25) is 5.91 Å². The van der Waals surface area contributed by atoms with Crippen LogP contribution in [0.25, 0.3) is 0 Å². The van der Waals surface area contributed by atoms with E-state index in [0.29, 0.717) is 18.8 Å². The molecule has 1 fully saturated rings. The lowest BCUT2D eigenvalue weighted by molar-refractivity contribution is -0.131. The third-order valence-electron chi connectivity index (χ3n) is 4.12. The SMILES string of the molecule is O=C(c1ccccn1)C1CCCN(C(=O)Cc2ccccn2)C1. The maximum absolute atomic E-state index is 12.5. The molecule has 0 bridgehead atoms. The number of rotatable bonds is 4. The van der Waals surface area contributed by atoms with Crippen LogP contribution in [0.2, 0.25) is 0 Å². The van der Waals surface area contributed by atoms with E-state index in [1.807, 2.05) is 24.3 Å². The predicted octanol–water partition coefficient (Wildman–Crippen LogP) is 2.14. The molecular formula is C18H19N3O2. The van der Waals surface area contributed by atoms with Gasteiger partial charge >= 0.3 is 0 Å². The Morgan fingerprint density at radius 2 is 1.87 bits per heavy atom. The van der Waals surface area contributed by atoms with Gasteiger partial charge in [-0.2, -0.15) is 0 Å². The Morgan fingerprint density at radius 3 is 2.57 bits per heavy atom. The zero-order valence-corrected chi connectivity index (χ0v) is 12.9. The molecule has 0 radical (unpaired) electrons. The van der Waals surface area contributed by atoms with Gasteiger partial charge in [-0.3, -0.25) is 19.6 Å². The number of nitrogens with zero attached hydrogens (tertiary/aromatic N) is 3. The summed E-state index contributed by atoms with van der Waals surface area (Å²) in [6.45, 7) is 1.18. The molecule has 0 aliphatic carbocycles. The lowest BCUT2D eigenvalue weighted by atomic mass is 9.91. The Kier molecular flexibility index (Phi) is 4.76. The van der Waals surface area contributed by atoms with Gasteiger partial charge in [0.25, 0.3) is 0 Å². The lowest BCUT2D eigenvalue weighted by Crippen LogP contribution is -2.43. The van der Waals surface area contributed by atoms with Crippen molar-refractivity contribution < 1.29 is 9.59 Å². The zero-order valence-electron chi connectivity index (χ0n) is 12.9. The summed E-state index contributed by atoms with van der Waals surface area (Å²) in [7, 11) is 0. The van der Waals surface area contributed by atoms with Gasteiger partial charge in [0.1, 0.15) is 5.69 Å². The number of carbonyl (C=O) groups excluding carboxylic acids is 2. The van der Waals surface area contributed by atoms with E-state index in [9.17, 15) is 9.59 Å². The fourth-order valence-electron chi connectivity index (χ4n) is 2.90. The van der Waals surface area contributed by atoms with Crippen LogP contribution in [0.4, 0.5) is 0 Å². The minimum Gasteiger partial charge on any atom is -0.342 e. The number of ketones is 1. The smallest absolute Gasteiger partial charge is 0.228 e. The maximum Gasteiger partial charge on any atom is 0.228 e. The maximum atomic E-state index is 12.5. The molecule has 1 unspecified atom stereocenters. The molecule has 118 valence electrons. The molecule has 2 aromatic heterocycles. The summed E-state index contributed by atoms with van der Waals surface area (Å²) in [6.07, 6.45) is 5.25. The average Bonchev–Trinajstić information content (AvgIpc) is 2.63. The number of piperidine rings is 1. The zero-order chi connectivity index (χ0) is 16.1. The Bertz CT molecular complexity index is 673. The summed E-state index contributed by atoms with van der Waals surface area (Å²) in [4.78, 5) is 35.0. The molecule has 0 spiro atoms. The van der Waals surface area contributed by atoms with Crippen molar-refractivity contribution in [1.82, 2.24) is 14.9 Å². The van der Waals surface area contributed by atoms with Gasteiger partial charge in [-0.1, -0.05) is 12.1 Å². The van der Waals surface area contributed by atoms with Crippen LogP contribution >= 0.6 is 0 Å². The van der Waals surface area contributed by atoms with Crippen molar-refractivity contribution in [2.45, 2.75) is 19.3 Å². The van der Waals surface area contributed by atoms with Crippen LogP contribution in [0.1, 0.15) is 29.0 Å². The van der Waals surface area contributed by atoms with Crippen molar-refractivity contribution in [1.29, 1.82) is 0 Å². The quantitative estimate of drug-likeness (QED) is 0.812. The van der Waals surface area contributed by atoms with Gasteiger partial charge in [-0.25, -0.2) is 0 Å². The lowest BCUT2D eigenvalue weighted by Gasteiger charge is -2.32. The molecule has 0 aromatic carbocycles. The van der Waals surface area contributed by atoms with Gasteiger partial charge in [0.15, 0.2) is 5.78 Å². The first-order valence-electron chi connectivity index (χ1n) is 7.87. The summed E-state index contributed by atoms with van der Waals surface area (Å²) in [5.74, 6) is -0.102. The van der Waals surface area contributed by atoms with Gasteiger partial charge in [0, 0.05) is 37.1 Å². The van der Waals surface area contributed by atoms with Crippen molar-refractivity contribution >= 4 is 11.7 Å². The second kappa shape index (κ2) is 7.13. The van der Waals surface area contributed by atoms with Gasteiger partial charge < -0.3 is 4.90 Å². The van der Waals surface area contributed by atoms with Gasteiger partial charge in [-0.05, 0) is 37.1 Å². The fourth-order valence-corrected chi connectivity index (χ4v) is 2.90. The molecule has 3 heterocycles. The molecule has 5 nitrogen and oxygen atoms in total.